The summed E-state index contributed by atoms with van der Waals surface area (Å²) in [5, 5.41) is -0.546. The fourth-order valence-corrected chi connectivity index (χ4v) is 6.51. The van der Waals surface area contributed by atoms with Gasteiger partial charge in [-0.15, -0.1) is 0 Å². The maximum atomic E-state index is 16.8. The van der Waals surface area contributed by atoms with Gasteiger partial charge in [0.05, 0.1) is 46.4 Å². The first-order chi connectivity index (χ1) is 22.1. The SMILES string of the molecule is Cc1cc(N)nc(-c2c(Cl)c3c4c(nc(OC[C@@H]5CC(F)(F)CN5C)nc4c2F)N([C@H](C)c2cccnc2N)CCO3)c1C(F)(F)F. The summed E-state index contributed by atoms with van der Waals surface area (Å²) in [5.41, 5.74) is 8.96. The predicted molar refractivity (Wildman–Crippen MR) is 163 cm³/mol. The molecule has 0 radical (unpaired) electrons. The lowest BCUT2D eigenvalue weighted by Crippen LogP contribution is -2.32. The van der Waals surface area contributed by atoms with Crippen molar-refractivity contribution in [1.29, 1.82) is 0 Å². The zero-order valence-corrected chi connectivity index (χ0v) is 26.1. The van der Waals surface area contributed by atoms with E-state index in [4.69, 9.17) is 32.5 Å². The molecule has 0 saturated carbocycles. The molecule has 1 fully saturated rings. The Morgan fingerprint density at radius 1 is 1.21 bits per heavy atom. The van der Waals surface area contributed by atoms with Crippen molar-refractivity contribution in [3.63, 3.8) is 0 Å². The van der Waals surface area contributed by atoms with E-state index < -0.39 is 76.3 Å². The van der Waals surface area contributed by atoms with Crippen molar-refractivity contribution >= 4 is 40.0 Å². The van der Waals surface area contributed by atoms with Gasteiger partial charge in [0.1, 0.15) is 36.2 Å². The molecular formula is C30H29ClF6N8O2. The van der Waals surface area contributed by atoms with Gasteiger partial charge in [-0.3, -0.25) is 4.90 Å². The van der Waals surface area contributed by atoms with E-state index in [0.717, 1.165) is 6.07 Å². The van der Waals surface area contributed by atoms with Gasteiger partial charge < -0.3 is 25.8 Å². The quantitative estimate of drug-likeness (QED) is 0.232. The third-order valence-corrected chi connectivity index (χ3v) is 8.74. The zero-order chi connectivity index (χ0) is 34.0. The maximum absolute atomic E-state index is 16.8. The number of nitrogens with zero attached hydrogens (tertiary/aromatic N) is 6. The summed E-state index contributed by atoms with van der Waals surface area (Å²) < 4.78 is 99.8. The lowest BCUT2D eigenvalue weighted by molar-refractivity contribution is -0.137. The van der Waals surface area contributed by atoms with E-state index in [9.17, 15) is 22.0 Å². The predicted octanol–water partition coefficient (Wildman–Crippen LogP) is 6.05. The summed E-state index contributed by atoms with van der Waals surface area (Å²) in [6.45, 7) is 2.28. The van der Waals surface area contributed by atoms with E-state index in [-0.39, 0.29) is 53.9 Å². The molecule has 2 aliphatic heterocycles. The molecule has 4 N–H and O–H groups in total. The molecule has 0 unspecified atom stereocenters. The van der Waals surface area contributed by atoms with Gasteiger partial charge in [0.2, 0.25) is 0 Å². The number of hydrogen-bond acceptors (Lipinski definition) is 10. The zero-order valence-electron chi connectivity index (χ0n) is 25.3. The van der Waals surface area contributed by atoms with Gasteiger partial charge in [0, 0.05) is 24.2 Å². The van der Waals surface area contributed by atoms with Crippen LogP contribution in [0.2, 0.25) is 5.02 Å². The highest BCUT2D eigenvalue weighted by molar-refractivity contribution is 6.36. The molecule has 4 aromatic rings. The maximum Gasteiger partial charge on any atom is 0.418 e. The number of nitrogens with two attached hydrogens (primary N) is 2. The summed E-state index contributed by atoms with van der Waals surface area (Å²) in [4.78, 5) is 19.9. The van der Waals surface area contributed by atoms with E-state index in [1.165, 1.54) is 25.1 Å². The normalized spacial score (nSPS) is 18.7. The van der Waals surface area contributed by atoms with Crippen LogP contribution in [0, 0.1) is 12.7 Å². The van der Waals surface area contributed by atoms with Crippen molar-refractivity contribution in [3.05, 3.63) is 51.9 Å². The molecule has 2 atom stereocenters. The van der Waals surface area contributed by atoms with Crippen molar-refractivity contribution in [2.24, 2.45) is 0 Å². The standard InChI is InChI=1S/C30H29ClF6N8O2/c1-13-9-17(38)41-23(20(13)30(35,36)37)18-21(31)25-19-24(22(18)32)42-28(47-11-15-10-29(33,34)12-44(15)3)43-27(19)45(7-8-46-25)14(2)16-5-4-6-40-26(16)39/h4-6,9,14-15H,7-8,10-12H2,1-3H3,(H2,38,41)(H2,39,40)/t14-,15+/m1/s1. The number of benzene rings is 1. The number of nitrogen functional groups attached to an aromatic ring is 2. The lowest BCUT2D eigenvalue weighted by atomic mass is 9.98. The average molecular weight is 683 g/mol. The van der Waals surface area contributed by atoms with Gasteiger partial charge >= 0.3 is 12.2 Å². The minimum Gasteiger partial charge on any atom is -0.489 e. The Morgan fingerprint density at radius 3 is 2.62 bits per heavy atom. The molecule has 1 aromatic carbocycles. The van der Waals surface area contributed by atoms with E-state index in [1.54, 1.807) is 24.0 Å². The Morgan fingerprint density at radius 2 is 1.96 bits per heavy atom. The molecule has 10 nitrogen and oxygen atoms in total. The Kier molecular flexibility index (Phi) is 8.15. The van der Waals surface area contributed by atoms with Crippen LogP contribution in [0.3, 0.4) is 0 Å². The van der Waals surface area contributed by atoms with Crippen molar-refractivity contribution in [3.8, 4) is 23.0 Å². The summed E-state index contributed by atoms with van der Waals surface area (Å²) in [6, 6.07) is 2.79. The number of rotatable bonds is 6. The summed E-state index contributed by atoms with van der Waals surface area (Å²) >= 11 is 6.71. The minimum absolute atomic E-state index is 0.0471. The fourth-order valence-electron chi connectivity index (χ4n) is 6.18. The molecule has 0 spiro atoms. The molecule has 0 aliphatic carbocycles. The lowest BCUT2D eigenvalue weighted by Gasteiger charge is -2.30. The number of alkyl halides is 5. The van der Waals surface area contributed by atoms with Crippen molar-refractivity contribution in [1.82, 2.24) is 24.8 Å². The van der Waals surface area contributed by atoms with Crippen LogP contribution < -0.4 is 25.8 Å². The molecule has 3 aromatic heterocycles. The second-order valence-corrected chi connectivity index (χ2v) is 12.0. The number of ether oxygens (including phenoxy) is 2. The van der Waals surface area contributed by atoms with Gasteiger partial charge in [0.25, 0.3) is 5.92 Å². The van der Waals surface area contributed by atoms with Crippen molar-refractivity contribution < 1.29 is 35.8 Å². The van der Waals surface area contributed by atoms with Crippen molar-refractivity contribution in [2.75, 3.05) is 49.7 Å². The van der Waals surface area contributed by atoms with Crippen LogP contribution in [-0.2, 0) is 6.18 Å². The van der Waals surface area contributed by atoms with Crippen LogP contribution in [0.5, 0.6) is 11.8 Å². The largest absolute Gasteiger partial charge is 0.489 e. The second kappa shape index (κ2) is 11.7. The van der Waals surface area contributed by atoms with Crippen LogP contribution in [0.1, 0.15) is 36.1 Å². The highest BCUT2D eigenvalue weighted by Crippen LogP contribution is 2.51. The number of aromatic nitrogens is 4. The number of anilines is 3. The molecule has 250 valence electrons. The van der Waals surface area contributed by atoms with E-state index in [0.29, 0.717) is 5.56 Å². The highest BCUT2D eigenvalue weighted by Gasteiger charge is 2.44. The van der Waals surface area contributed by atoms with E-state index in [2.05, 4.69) is 19.9 Å². The minimum atomic E-state index is -4.96. The number of aryl methyl sites for hydroxylation is 1. The molecule has 6 rings (SSSR count). The van der Waals surface area contributed by atoms with Crippen LogP contribution in [0.15, 0.2) is 24.4 Å². The first-order valence-corrected chi connectivity index (χ1v) is 14.8. The van der Waals surface area contributed by atoms with Gasteiger partial charge in [-0.1, -0.05) is 17.7 Å². The summed E-state index contributed by atoms with van der Waals surface area (Å²) in [5.74, 6) is -4.40. The average Bonchev–Trinajstić information content (AvgIpc) is 3.12. The molecule has 0 bridgehead atoms. The number of hydrogen-bond donors (Lipinski definition) is 2. The first kappa shape index (κ1) is 32.6. The summed E-state index contributed by atoms with van der Waals surface area (Å²) in [7, 11) is 1.52. The molecular weight excluding hydrogens is 654 g/mol. The first-order valence-electron chi connectivity index (χ1n) is 14.5. The number of halogens is 7. The van der Waals surface area contributed by atoms with E-state index >= 15 is 4.39 Å². The second-order valence-electron chi connectivity index (χ2n) is 11.6. The Labute approximate surface area is 269 Å². The fraction of sp³-hybridized carbons (Fsp3) is 0.400. The Bertz CT molecular complexity index is 1880. The van der Waals surface area contributed by atoms with Crippen LogP contribution in [-0.4, -0.2) is 70.2 Å². The van der Waals surface area contributed by atoms with Gasteiger partial charge in [-0.25, -0.2) is 23.1 Å². The number of pyridine rings is 2. The summed E-state index contributed by atoms with van der Waals surface area (Å²) in [6.07, 6.45) is -3.93. The molecule has 1 saturated heterocycles. The van der Waals surface area contributed by atoms with Gasteiger partial charge in [0.15, 0.2) is 11.6 Å². The van der Waals surface area contributed by atoms with Crippen LogP contribution in [0.25, 0.3) is 22.2 Å². The molecule has 0 amide bonds. The van der Waals surface area contributed by atoms with Gasteiger partial charge in [-0.2, -0.15) is 23.1 Å². The van der Waals surface area contributed by atoms with E-state index in [1.807, 2.05) is 0 Å². The van der Waals surface area contributed by atoms with Crippen molar-refractivity contribution in [2.45, 2.75) is 44.5 Å². The van der Waals surface area contributed by atoms with Crippen LogP contribution >= 0.6 is 11.6 Å². The monoisotopic (exact) mass is 682 g/mol. The highest BCUT2D eigenvalue weighted by atomic mass is 35.5. The Hall–Kier alpha value is -4.31. The molecule has 47 heavy (non-hydrogen) atoms. The number of likely N-dealkylation sites (tertiary alicyclic amines) is 1. The molecule has 2 aliphatic rings. The topological polar surface area (TPSA) is 129 Å². The Balaban J connectivity index is 1.59. The van der Waals surface area contributed by atoms with Crippen LogP contribution in [0.4, 0.5) is 43.8 Å². The molecule has 5 heterocycles. The molecule has 17 heteroatoms. The third-order valence-electron chi connectivity index (χ3n) is 8.38. The van der Waals surface area contributed by atoms with Gasteiger partial charge in [-0.05, 0) is 38.6 Å². The third kappa shape index (κ3) is 5.88. The smallest absolute Gasteiger partial charge is 0.418 e. The number of likely N-dealkylation sites (N-methyl/N-ethyl adjacent to an activating group) is 1.